The molecular weight excluding hydrogens is 383 g/mol. The number of hydrogen-bond acceptors (Lipinski definition) is 4. The molecule has 0 saturated carbocycles. The van der Waals surface area contributed by atoms with Crippen LogP contribution in [0, 0.1) is 15.9 Å². The molecule has 1 aromatic carbocycles. The Labute approximate surface area is 175 Å². The lowest BCUT2D eigenvalue weighted by Gasteiger charge is -2.33. The van der Waals surface area contributed by atoms with E-state index < -0.39 is 0 Å². The zero-order chi connectivity index (χ0) is 20.9. The third-order valence-electron chi connectivity index (χ3n) is 5.79. The van der Waals surface area contributed by atoms with Gasteiger partial charge in [0.2, 0.25) is 6.54 Å². The van der Waals surface area contributed by atoms with Gasteiger partial charge in [-0.05, 0) is 48.7 Å². The van der Waals surface area contributed by atoms with Crippen molar-refractivity contribution in [3.63, 3.8) is 0 Å². The number of hydrogen-bond donors (Lipinski definition) is 0. The first-order valence-corrected chi connectivity index (χ1v) is 10.3. The third kappa shape index (κ3) is 4.57. The summed E-state index contributed by atoms with van der Waals surface area (Å²) in [4.78, 5) is 16.8. The fourth-order valence-electron chi connectivity index (χ4n) is 4.27. The molecular formula is C23H25FN4O2. The Hall–Kier alpha value is -3.06. The number of pyridine rings is 1. The van der Waals surface area contributed by atoms with Crippen LogP contribution in [-0.4, -0.2) is 45.6 Å². The van der Waals surface area contributed by atoms with Gasteiger partial charge in [0.15, 0.2) is 0 Å². The van der Waals surface area contributed by atoms with Crippen LogP contribution < -0.4 is 0 Å². The molecule has 0 bridgehead atoms. The smallest absolute Gasteiger partial charge is 0.205 e. The molecule has 1 aliphatic heterocycles. The highest BCUT2D eigenvalue weighted by molar-refractivity contribution is 5.81. The standard InChI is InChI=1S/C23H25FN4O2/c24-20-4-2-18(3-5-20)22-10-17-27(23(22)19-6-11-25-12-7-19)21-8-15-26(16-9-21)13-1-14-28(29)30/h2-7,10-12,17,21H,1,8-9,13-16H2. The third-order valence-corrected chi connectivity index (χ3v) is 5.79. The molecule has 30 heavy (non-hydrogen) atoms. The van der Waals surface area contributed by atoms with Crippen molar-refractivity contribution in [2.45, 2.75) is 25.3 Å². The van der Waals surface area contributed by atoms with Crippen molar-refractivity contribution in [3.05, 3.63) is 77.0 Å². The molecule has 0 spiro atoms. The van der Waals surface area contributed by atoms with Gasteiger partial charge >= 0.3 is 0 Å². The Morgan fingerprint density at radius 1 is 1.03 bits per heavy atom. The maximum absolute atomic E-state index is 13.4. The van der Waals surface area contributed by atoms with Crippen LogP contribution in [0.25, 0.3) is 22.4 Å². The van der Waals surface area contributed by atoms with E-state index in [0.29, 0.717) is 12.5 Å². The van der Waals surface area contributed by atoms with Crippen molar-refractivity contribution in [2.75, 3.05) is 26.2 Å². The van der Waals surface area contributed by atoms with Gasteiger partial charge in [0.05, 0.1) is 5.69 Å². The molecule has 3 heterocycles. The van der Waals surface area contributed by atoms with Gasteiger partial charge in [-0.25, -0.2) is 4.39 Å². The van der Waals surface area contributed by atoms with Crippen molar-refractivity contribution in [1.29, 1.82) is 0 Å². The van der Waals surface area contributed by atoms with Gasteiger partial charge in [0.25, 0.3) is 0 Å². The number of benzene rings is 1. The highest BCUT2D eigenvalue weighted by Crippen LogP contribution is 2.37. The van der Waals surface area contributed by atoms with Gasteiger partial charge in [-0.2, -0.15) is 0 Å². The number of nitrogens with zero attached hydrogens (tertiary/aromatic N) is 4. The average Bonchev–Trinajstić information content (AvgIpc) is 3.20. The quantitative estimate of drug-likeness (QED) is 0.421. The van der Waals surface area contributed by atoms with Crippen molar-refractivity contribution in [2.24, 2.45) is 0 Å². The Kier molecular flexibility index (Phi) is 6.18. The molecule has 156 valence electrons. The fourth-order valence-corrected chi connectivity index (χ4v) is 4.27. The van der Waals surface area contributed by atoms with E-state index in [9.17, 15) is 14.5 Å². The highest BCUT2D eigenvalue weighted by atomic mass is 19.1. The minimum Gasteiger partial charge on any atom is -0.344 e. The number of rotatable bonds is 7. The Morgan fingerprint density at radius 3 is 2.40 bits per heavy atom. The van der Waals surface area contributed by atoms with Crippen LogP contribution in [0.3, 0.4) is 0 Å². The zero-order valence-electron chi connectivity index (χ0n) is 16.8. The predicted octanol–water partition coefficient (Wildman–Crippen LogP) is 4.66. The molecule has 2 aromatic heterocycles. The number of piperidine rings is 1. The number of nitro groups is 1. The Bertz CT molecular complexity index is 980. The SMILES string of the molecule is O=[N+]([O-])CCCN1CCC(n2ccc(-c3ccc(F)cc3)c2-c2ccncc2)CC1. The van der Waals surface area contributed by atoms with Gasteiger partial charge in [-0.1, -0.05) is 12.1 Å². The van der Waals surface area contributed by atoms with Crippen LogP contribution in [0.5, 0.6) is 0 Å². The normalized spacial score (nSPS) is 15.4. The largest absolute Gasteiger partial charge is 0.344 e. The number of halogens is 1. The second-order valence-corrected chi connectivity index (χ2v) is 7.71. The lowest BCUT2D eigenvalue weighted by atomic mass is 10.00. The Morgan fingerprint density at radius 2 is 1.73 bits per heavy atom. The van der Waals surface area contributed by atoms with E-state index in [1.165, 1.54) is 12.1 Å². The fraction of sp³-hybridized carbons (Fsp3) is 0.348. The van der Waals surface area contributed by atoms with Gasteiger partial charge in [-0.3, -0.25) is 15.1 Å². The summed E-state index contributed by atoms with van der Waals surface area (Å²) in [6.45, 7) is 2.67. The molecule has 0 N–H and O–H groups in total. The lowest BCUT2D eigenvalue weighted by molar-refractivity contribution is -0.480. The topological polar surface area (TPSA) is 64.2 Å². The molecule has 0 aliphatic carbocycles. The molecule has 0 atom stereocenters. The molecule has 7 heteroatoms. The summed E-state index contributed by atoms with van der Waals surface area (Å²) < 4.78 is 15.8. The molecule has 1 saturated heterocycles. The minimum atomic E-state index is -0.245. The summed E-state index contributed by atoms with van der Waals surface area (Å²) in [5, 5.41) is 10.5. The number of likely N-dealkylation sites (tertiary alicyclic amines) is 1. The maximum Gasteiger partial charge on any atom is 0.205 e. The average molecular weight is 408 g/mol. The summed E-state index contributed by atoms with van der Waals surface area (Å²) in [6, 6.07) is 13.1. The van der Waals surface area contributed by atoms with Crippen molar-refractivity contribution in [1.82, 2.24) is 14.5 Å². The van der Waals surface area contributed by atoms with Gasteiger partial charge in [0, 0.05) is 66.7 Å². The van der Waals surface area contributed by atoms with Gasteiger partial charge in [0.1, 0.15) is 5.82 Å². The minimum absolute atomic E-state index is 0.0325. The predicted molar refractivity (Wildman–Crippen MR) is 114 cm³/mol. The first kappa shape index (κ1) is 20.2. The lowest BCUT2D eigenvalue weighted by Crippen LogP contribution is -2.35. The van der Waals surface area contributed by atoms with Crippen molar-refractivity contribution in [3.8, 4) is 22.4 Å². The van der Waals surface area contributed by atoms with Crippen molar-refractivity contribution >= 4 is 0 Å². The van der Waals surface area contributed by atoms with E-state index in [1.807, 2.05) is 24.3 Å². The highest BCUT2D eigenvalue weighted by Gasteiger charge is 2.24. The van der Waals surface area contributed by atoms with Gasteiger partial charge < -0.3 is 9.47 Å². The van der Waals surface area contributed by atoms with E-state index in [4.69, 9.17) is 0 Å². The molecule has 1 fully saturated rings. The summed E-state index contributed by atoms with van der Waals surface area (Å²) in [5.74, 6) is -0.243. The molecule has 0 amide bonds. The van der Waals surface area contributed by atoms with Crippen LogP contribution in [0.4, 0.5) is 4.39 Å². The van der Waals surface area contributed by atoms with Gasteiger partial charge in [-0.15, -0.1) is 0 Å². The molecule has 1 aliphatic rings. The second-order valence-electron chi connectivity index (χ2n) is 7.71. The van der Waals surface area contributed by atoms with E-state index in [-0.39, 0.29) is 17.3 Å². The first-order valence-electron chi connectivity index (χ1n) is 10.3. The van der Waals surface area contributed by atoms with Crippen LogP contribution in [0.15, 0.2) is 61.1 Å². The maximum atomic E-state index is 13.4. The number of aromatic nitrogens is 2. The monoisotopic (exact) mass is 408 g/mol. The summed E-state index contributed by atoms with van der Waals surface area (Å²) in [7, 11) is 0. The molecule has 4 rings (SSSR count). The van der Waals surface area contributed by atoms with E-state index >= 15 is 0 Å². The van der Waals surface area contributed by atoms with Crippen molar-refractivity contribution < 1.29 is 9.31 Å². The van der Waals surface area contributed by atoms with E-state index in [2.05, 4.69) is 26.7 Å². The second kappa shape index (κ2) is 9.17. The first-order chi connectivity index (χ1) is 14.6. The zero-order valence-corrected chi connectivity index (χ0v) is 16.8. The molecule has 3 aromatic rings. The van der Waals surface area contributed by atoms with Crippen LogP contribution in [0.2, 0.25) is 0 Å². The van der Waals surface area contributed by atoms with Crippen LogP contribution >= 0.6 is 0 Å². The van der Waals surface area contributed by atoms with Crippen LogP contribution in [0.1, 0.15) is 25.3 Å². The molecule has 0 radical (unpaired) electrons. The van der Waals surface area contributed by atoms with E-state index in [1.54, 1.807) is 12.4 Å². The molecule has 0 unspecified atom stereocenters. The summed E-state index contributed by atoms with van der Waals surface area (Å²) in [5.41, 5.74) is 4.27. The van der Waals surface area contributed by atoms with Crippen LogP contribution in [-0.2, 0) is 0 Å². The van der Waals surface area contributed by atoms with E-state index in [0.717, 1.165) is 54.9 Å². The summed E-state index contributed by atoms with van der Waals surface area (Å²) in [6.07, 6.45) is 8.29. The Balaban J connectivity index is 1.57. The summed E-state index contributed by atoms with van der Waals surface area (Å²) >= 11 is 0. The molecule has 6 nitrogen and oxygen atoms in total.